The van der Waals surface area contributed by atoms with Crippen LogP contribution in [0.3, 0.4) is 0 Å². The predicted octanol–water partition coefficient (Wildman–Crippen LogP) is 2.60. The number of benzene rings is 2. The van der Waals surface area contributed by atoms with E-state index in [1.54, 1.807) is 48.3 Å². The second-order valence-electron chi connectivity index (χ2n) is 7.83. The van der Waals surface area contributed by atoms with Gasteiger partial charge in [-0.1, -0.05) is 30.3 Å². The highest BCUT2D eigenvalue weighted by Gasteiger charge is 2.26. The fraction of sp³-hybridized carbons (Fsp3) is 0.409. The van der Waals surface area contributed by atoms with Gasteiger partial charge in [-0.2, -0.15) is 0 Å². The Labute approximate surface area is 178 Å². The lowest BCUT2D eigenvalue weighted by Crippen LogP contribution is -2.39. The van der Waals surface area contributed by atoms with Gasteiger partial charge in [-0.05, 0) is 55.3 Å². The van der Waals surface area contributed by atoms with Gasteiger partial charge >= 0.3 is 0 Å². The van der Waals surface area contributed by atoms with E-state index < -0.39 is 10.0 Å². The van der Waals surface area contributed by atoms with E-state index in [0.29, 0.717) is 11.3 Å². The lowest BCUT2D eigenvalue weighted by Gasteiger charge is -2.32. The number of phenolic OH excluding ortho intramolecular Hbond substituents is 1. The summed E-state index contributed by atoms with van der Waals surface area (Å²) in [5, 5.41) is 9.64. The first-order chi connectivity index (χ1) is 14.2. The van der Waals surface area contributed by atoms with Gasteiger partial charge in [0.1, 0.15) is 5.75 Å². The van der Waals surface area contributed by atoms with E-state index in [1.165, 1.54) is 0 Å². The molecular formula is C22H29N3O4S. The van der Waals surface area contributed by atoms with Crippen molar-refractivity contribution in [3.8, 4) is 5.75 Å². The minimum atomic E-state index is -3.44. The smallest absolute Gasteiger partial charge is 0.229 e. The van der Waals surface area contributed by atoms with Crippen LogP contribution in [0.25, 0.3) is 0 Å². The summed E-state index contributed by atoms with van der Waals surface area (Å²) in [4.78, 5) is 17.2. The molecule has 3 rings (SSSR count). The Morgan fingerprint density at radius 2 is 1.77 bits per heavy atom. The molecule has 8 heteroatoms. The van der Waals surface area contributed by atoms with Crippen LogP contribution < -0.4 is 4.72 Å². The number of hydrogen-bond acceptors (Lipinski definition) is 5. The molecule has 1 fully saturated rings. The lowest BCUT2D eigenvalue weighted by atomic mass is 10.0. The van der Waals surface area contributed by atoms with Gasteiger partial charge in [-0.3, -0.25) is 9.52 Å². The van der Waals surface area contributed by atoms with Crippen molar-refractivity contribution >= 4 is 21.6 Å². The molecule has 0 aromatic heterocycles. The number of likely N-dealkylation sites (N-methyl/N-ethyl adjacent to an activating group) is 1. The third kappa shape index (κ3) is 5.96. The Hall–Kier alpha value is -2.58. The summed E-state index contributed by atoms with van der Waals surface area (Å²) in [7, 11) is -1.66. The number of carbonyl (C=O) groups is 1. The Bertz CT molecular complexity index is 970. The Morgan fingerprint density at radius 3 is 2.40 bits per heavy atom. The maximum absolute atomic E-state index is 13.2. The number of nitrogens with zero attached hydrogens (tertiary/aromatic N) is 2. The molecule has 2 N–H and O–H groups in total. The van der Waals surface area contributed by atoms with Gasteiger partial charge in [-0.15, -0.1) is 0 Å². The van der Waals surface area contributed by atoms with Gasteiger partial charge in [0.15, 0.2) is 0 Å². The summed E-state index contributed by atoms with van der Waals surface area (Å²) < 4.78 is 25.8. The first kappa shape index (κ1) is 22.1. The zero-order valence-electron chi connectivity index (χ0n) is 17.4. The summed E-state index contributed by atoms with van der Waals surface area (Å²) in [6.45, 7) is 2.74. The number of carbonyl (C=O) groups excluding carboxylic acids is 1. The zero-order valence-corrected chi connectivity index (χ0v) is 18.2. The molecule has 0 spiro atoms. The van der Waals surface area contributed by atoms with E-state index in [4.69, 9.17) is 0 Å². The van der Waals surface area contributed by atoms with Crippen LogP contribution in [-0.4, -0.2) is 62.2 Å². The minimum Gasteiger partial charge on any atom is -0.508 e. The lowest BCUT2D eigenvalue weighted by molar-refractivity contribution is -0.131. The molecule has 0 bridgehead atoms. The van der Waals surface area contributed by atoms with Gasteiger partial charge in [0.2, 0.25) is 15.9 Å². The number of nitrogens with one attached hydrogen (secondary N) is 1. The normalized spacial score (nSPS) is 15.7. The molecule has 162 valence electrons. The Morgan fingerprint density at radius 1 is 1.13 bits per heavy atom. The van der Waals surface area contributed by atoms with Crippen molar-refractivity contribution in [2.24, 2.45) is 0 Å². The van der Waals surface area contributed by atoms with Crippen molar-refractivity contribution in [2.45, 2.75) is 25.3 Å². The van der Waals surface area contributed by atoms with Crippen LogP contribution in [0.2, 0.25) is 0 Å². The maximum atomic E-state index is 13.2. The second kappa shape index (κ2) is 9.49. The SMILES string of the molecule is CN(C(=O)Cc1ccccc1NS(C)(=O)=O)[C@H](CN1CCCC1)c1ccc(O)cc1. The summed E-state index contributed by atoms with van der Waals surface area (Å²) >= 11 is 0. The van der Waals surface area contributed by atoms with Crippen molar-refractivity contribution in [1.29, 1.82) is 0 Å². The Balaban J connectivity index is 1.81. The molecule has 0 aliphatic carbocycles. The van der Waals surface area contributed by atoms with Crippen LogP contribution in [0.15, 0.2) is 48.5 Å². The Kier molecular flexibility index (Phi) is 6.99. The highest BCUT2D eigenvalue weighted by atomic mass is 32.2. The van der Waals surface area contributed by atoms with Crippen LogP contribution in [0.5, 0.6) is 5.75 Å². The van der Waals surface area contributed by atoms with Crippen molar-refractivity contribution in [2.75, 3.05) is 37.7 Å². The molecule has 30 heavy (non-hydrogen) atoms. The number of phenols is 1. The molecule has 2 aromatic rings. The van der Waals surface area contributed by atoms with E-state index in [2.05, 4.69) is 9.62 Å². The van der Waals surface area contributed by atoms with Crippen molar-refractivity contribution in [3.05, 3.63) is 59.7 Å². The summed E-state index contributed by atoms with van der Waals surface area (Å²) in [6.07, 6.45) is 3.49. The van der Waals surface area contributed by atoms with Crippen LogP contribution in [0.1, 0.15) is 30.0 Å². The van der Waals surface area contributed by atoms with Crippen molar-refractivity contribution in [3.63, 3.8) is 0 Å². The van der Waals surface area contributed by atoms with Crippen LogP contribution >= 0.6 is 0 Å². The molecule has 1 heterocycles. The number of anilines is 1. The molecule has 0 unspecified atom stereocenters. The zero-order chi connectivity index (χ0) is 21.7. The van der Waals surface area contributed by atoms with E-state index in [-0.39, 0.29) is 24.1 Å². The highest BCUT2D eigenvalue weighted by molar-refractivity contribution is 7.92. The molecule has 1 saturated heterocycles. The summed E-state index contributed by atoms with van der Waals surface area (Å²) in [5.74, 6) is 0.0865. The molecule has 7 nitrogen and oxygen atoms in total. The van der Waals surface area contributed by atoms with Crippen molar-refractivity contribution in [1.82, 2.24) is 9.80 Å². The third-order valence-electron chi connectivity index (χ3n) is 5.42. The molecule has 1 aliphatic heterocycles. The number of likely N-dealkylation sites (tertiary alicyclic amines) is 1. The standard InChI is InChI=1S/C22H29N3O4S/c1-24(22(27)15-18-7-3-4-8-20(18)23-30(2,28)29)21(16-25-13-5-6-14-25)17-9-11-19(26)12-10-17/h3-4,7-12,21,23,26H,5-6,13-16H2,1-2H3/t21-/m1/s1. The molecular weight excluding hydrogens is 402 g/mol. The van der Waals surface area contributed by atoms with Gasteiger partial charge in [0.05, 0.1) is 24.4 Å². The van der Waals surface area contributed by atoms with Crippen LogP contribution in [0.4, 0.5) is 5.69 Å². The van der Waals surface area contributed by atoms with E-state index in [1.807, 2.05) is 12.1 Å². The van der Waals surface area contributed by atoms with Gasteiger partial charge < -0.3 is 14.9 Å². The van der Waals surface area contributed by atoms with Crippen LogP contribution in [0, 0.1) is 0 Å². The number of rotatable bonds is 8. The van der Waals surface area contributed by atoms with Gasteiger partial charge in [-0.25, -0.2) is 8.42 Å². The first-order valence-corrected chi connectivity index (χ1v) is 11.9. The monoisotopic (exact) mass is 431 g/mol. The average molecular weight is 432 g/mol. The molecule has 2 aromatic carbocycles. The third-order valence-corrected chi connectivity index (χ3v) is 6.01. The quantitative estimate of drug-likeness (QED) is 0.671. The van der Waals surface area contributed by atoms with E-state index >= 15 is 0 Å². The number of amides is 1. The highest BCUT2D eigenvalue weighted by Crippen LogP contribution is 2.26. The number of sulfonamides is 1. The van der Waals surface area contributed by atoms with E-state index in [9.17, 15) is 18.3 Å². The molecule has 1 aliphatic rings. The van der Waals surface area contributed by atoms with Gasteiger partial charge in [0, 0.05) is 13.6 Å². The van der Waals surface area contributed by atoms with Crippen LogP contribution in [-0.2, 0) is 21.2 Å². The average Bonchev–Trinajstić information content (AvgIpc) is 3.20. The van der Waals surface area contributed by atoms with Crippen molar-refractivity contribution < 1.29 is 18.3 Å². The first-order valence-electron chi connectivity index (χ1n) is 10.1. The fourth-order valence-corrected chi connectivity index (χ4v) is 4.39. The fourth-order valence-electron chi connectivity index (χ4n) is 3.79. The number of hydrogen-bond donors (Lipinski definition) is 2. The summed E-state index contributed by atoms with van der Waals surface area (Å²) in [5.41, 5.74) is 2.01. The maximum Gasteiger partial charge on any atom is 0.229 e. The largest absolute Gasteiger partial charge is 0.508 e. The summed E-state index contributed by atoms with van der Waals surface area (Å²) in [6, 6.07) is 13.7. The minimum absolute atomic E-state index is 0.0871. The molecule has 0 saturated carbocycles. The molecule has 1 amide bonds. The number of aromatic hydroxyl groups is 1. The molecule has 1 atom stereocenters. The molecule has 0 radical (unpaired) electrons. The van der Waals surface area contributed by atoms with Gasteiger partial charge in [0.25, 0.3) is 0 Å². The topological polar surface area (TPSA) is 90.0 Å². The van der Waals surface area contributed by atoms with E-state index in [0.717, 1.165) is 44.3 Å². The second-order valence-corrected chi connectivity index (χ2v) is 9.58. The number of para-hydroxylation sites is 1. The predicted molar refractivity (Wildman–Crippen MR) is 118 cm³/mol.